The second-order valence-corrected chi connectivity index (χ2v) is 5.85. The van der Waals surface area contributed by atoms with Crippen LogP contribution in [-0.4, -0.2) is 39.8 Å². The van der Waals surface area contributed by atoms with Crippen molar-refractivity contribution in [3.8, 4) is 0 Å². The molecule has 1 aliphatic rings. The molecule has 3 rings (SSSR count). The molecule has 2 aromatic rings. The molecule has 6 heteroatoms. The summed E-state index contributed by atoms with van der Waals surface area (Å²) in [5.41, 5.74) is 0.607. The summed E-state index contributed by atoms with van der Waals surface area (Å²) in [5, 5.41) is 14.1. The van der Waals surface area contributed by atoms with Crippen LogP contribution >= 0.6 is 0 Å². The number of rotatable bonds is 4. The zero-order valence-electron chi connectivity index (χ0n) is 12.6. The van der Waals surface area contributed by atoms with Crippen LogP contribution in [0.25, 0.3) is 0 Å². The first-order chi connectivity index (χ1) is 10.6. The number of benzene rings is 1. The van der Waals surface area contributed by atoms with Crippen LogP contribution in [0.15, 0.2) is 28.8 Å². The fourth-order valence-corrected chi connectivity index (χ4v) is 2.97. The predicted octanol–water partition coefficient (Wildman–Crippen LogP) is 2.43. The van der Waals surface area contributed by atoms with Crippen molar-refractivity contribution in [1.82, 2.24) is 15.0 Å². The summed E-state index contributed by atoms with van der Waals surface area (Å²) in [6, 6.07) is 6.13. The lowest BCUT2D eigenvalue weighted by atomic mass is 9.97. The van der Waals surface area contributed by atoms with Gasteiger partial charge < -0.3 is 9.63 Å². The Kier molecular flexibility index (Phi) is 4.49. The van der Waals surface area contributed by atoms with Crippen LogP contribution in [0.3, 0.4) is 0 Å². The smallest absolute Gasteiger partial charge is 0.231 e. The van der Waals surface area contributed by atoms with E-state index < -0.39 is 6.10 Å². The second-order valence-electron chi connectivity index (χ2n) is 5.85. The largest absolute Gasteiger partial charge is 0.387 e. The van der Waals surface area contributed by atoms with Crippen LogP contribution in [-0.2, 0) is 0 Å². The molecule has 2 heterocycles. The molecule has 1 fully saturated rings. The average Bonchev–Trinajstić information content (AvgIpc) is 2.94. The van der Waals surface area contributed by atoms with Gasteiger partial charge in [-0.1, -0.05) is 17.3 Å². The van der Waals surface area contributed by atoms with Crippen LogP contribution in [0.5, 0.6) is 0 Å². The summed E-state index contributed by atoms with van der Waals surface area (Å²) in [4.78, 5) is 6.47. The third-order valence-electron chi connectivity index (χ3n) is 4.06. The van der Waals surface area contributed by atoms with Gasteiger partial charge >= 0.3 is 0 Å². The number of aryl methyl sites for hydroxylation is 1. The monoisotopic (exact) mass is 305 g/mol. The molecule has 0 aliphatic carbocycles. The van der Waals surface area contributed by atoms with E-state index in [1.54, 1.807) is 19.1 Å². The molecule has 0 saturated carbocycles. The van der Waals surface area contributed by atoms with Gasteiger partial charge in [-0.2, -0.15) is 4.98 Å². The molecule has 1 N–H and O–H groups in total. The Labute approximate surface area is 128 Å². The van der Waals surface area contributed by atoms with Gasteiger partial charge in [0.2, 0.25) is 5.89 Å². The fourth-order valence-electron chi connectivity index (χ4n) is 2.97. The predicted molar refractivity (Wildman–Crippen MR) is 78.8 cm³/mol. The molecule has 0 amide bonds. The Balaban J connectivity index is 1.62. The van der Waals surface area contributed by atoms with Crippen LogP contribution in [0, 0.1) is 12.7 Å². The first-order valence-corrected chi connectivity index (χ1v) is 7.58. The SMILES string of the molecule is Cc1noc(C2CCCN(CC(O)c3cccc(F)c3)C2)n1. The van der Waals surface area contributed by atoms with Crippen molar-refractivity contribution in [1.29, 1.82) is 0 Å². The summed E-state index contributed by atoms with van der Waals surface area (Å²) in [6.07, 6.45) is 1.33. The molecule has 1 aromatic carbocycles. The molecule has 2 unspecified atom stereocenters. The van der Waals surface area contributed by atoms with Gasteiger partial charge in [0.05, 0.1) is 12.0 Å². The zero-order valence-corrected chi connectivity index (χ0v) is 12.6. The minimum atomic E-state index is -0.695. The van der Waals surface area contributed by atoms with Gasteiger partial charge in [-0.15, -0.1) is 0 Å². The molecular weight excluding hydrogens is 285 g/mol. The van der Waals surface area contributed by atoms with E-state index in [9.17, 15) is 9.50 Å². The molecule has 22 heavy (non-hydrogen) atoms. The highest BCUT2D eigenvalue weighted by Gasteiger charge is 2.27. The molecular formula is C16H20FN3O2. The van der Waals surface area contributed by atoms with Crippen molar-refractivity contribution < 1.29 is 14.0 Å². The summed E-state index contributed by atoms with van der Waals surface area (Å²) in [7, 11) is 0. The first kappa shape index (κ1) is 15.1. The van der Waals surface area contributed by atoms with E-state index in [0.717, 1.165) is 25.9 Å². The van der Waals surface area contributed by atoms with Crippen molar-refractivity contribution in [2.75, 3.05) is 19.6 Å². The lowest BCUT2D eigenvalue weighted by molar-refractivity contribution is 0.0908. The maximum absolute atomic E-state index is 13.2. The highest BCUT2D eigenvalue weighted by molar-refractivity contribution is 5.19. The Morgan fingerprint density at radius 3 is 3.09 bits per heavy atom. The Hall–Kier alpha value is -1.79. The highest BCUT2D eigenvalue weighted by Crippen LogP contribution is 2.27. The summed E-state index contributed by atoms with van der Waals surface area (Å²) >= 11 is 0. The molecule has 1 saturated heterocycles. The topological polar surface area (TPSA) is 62.4 Å². The van der Waals surface area contributed by atoms with Crippen molar-refractivity contribution in [2.24, 2.45) is 0 Å². The number of hydrogen-bond donors (Lipinski definition) is 1. The normalized spacial score (nSPS) is 21.0. The Morgan fingerprint density at radius 2 is 2.36 bits per heavy atom. The van der Waals surface area contributed by atoms with Crippen LogP contribution < -0.4 is 0 Å². The van der Waals surface area contributed by atoms with E-state index in [1.807, 2.05) is 0 Å². The molecule has 2 atom stereocenters. The van der Waals surface area contributed by atoms with E-state index >= 15 is 0 Å². The number of aliphatic hydroxyl groups excluding tert-OH is 1. The fraction of sp³-hybridized carbons (Fsp3) is 0.500. The number of nitrogens with zero attached hydrogens (tertiary/aromatic N) is 3. The van der Waals surface area contributed by atoms with Crippen LogP contribution in [0.4, 0.5) is 4.39 Å². The highest BCUT2D eigenvalue weighted by atomic mass is 19.1. The van der Waals surface area contributed by atoms with Crippen molar-refractivity contribution in [2.45, 2.75) is 31.8 Å². The first-order valence-electron chi connectivity index (χ1n) is 7.58. The quantitative estimate of drug-likeness (QED) is 0.940. The molecule has 118 valence electrons. The van der Waals surface area contributed by atoms with Gasteiger partial charge in [-0.05, 0) is 44.0 Å². The van der Waals surface area contributed by atoms with E-state index in [4.69, 9.17) is 4.52 Å². The summed E-state index contributed by atoms with van der Waals surface area (Å²) in [5.74, 6) is 1.19. The van der Waals surface area contributed by atoms with E-state index in [0.29, 0.717) is 23.8 Å². The standard InChI is InChI=1S/C16H20FN3O2/c1-11-18-16(22-19-11)13-5-3-7-20(9-13)10-15(21)12-4-2-6-14(17)8-12/h2,4,6,8,13,15,21H,3,5,7,9-10H2,1H3. The maximum atomic E-state index is 13.2. The minimum absolute atomic E-state index is 0.203. The third-order valence-corrected chi connectivity index (χ3v) is 4.06. The number of halogens is 1. The Morgan fingerprint density at radius 1 is 1.50 bits per heavy atom. The van der Waals surface area contributed by atoms with E-state index in [-0.39, 0.29) is 11.7 Å². The van der Waals surface area contributed by atoms with Crippen LogP contribution in [0.1, 0.15) is 42.1 Å². The van der Waals surface area contributed by atoms with E-state index in [2.05, 4.69) is 15.0 Å². The average molecular weight is 305 g/mol. The molecule has 0 radical (unpaired) electrons. The lowest BCUT2D eigenvalue weighted by Gasteiger charge is -2.32. The zero-order chi connectivity index (χ0) is 15.5. The van der Waals surface area contributed by atoms with E-state index in [1.165, 1.54) is 12.1 Å². The van der Waals surface area contributed by atoms with Gasteiger partial charge in [0.15, 0.2) is 5.82 Å². The van der Waals surface area contributed by atoms with Gasteiger partial charge in [-0.3, -0.25) is 4.90 Å². The second kappa shape index (κ2) is 6.54. The summed E-state index contributed by atoms with van der Waals surface area (Å²) in [6.45, 7) is 3.97. The van der Waals surface area contributed by atoms with Crippen LogP contribution in [0.2, 0.25) is 0 Å². The molecule has 1 aliphatic heterocycles. The van der Waals surface area contributed by atoms with Gasteiger partial charge in [-0.25, -0.2) is 4.39 Å². The number of β-amino-alcohol motifs (C(OH)–C–C–N with tert-alkyl or cyclic N) is 1. The molecule has 5 nitrogen and oxygen atoms in total. The number of aliphatic hydroxyl groups is 1. The van der Waals surface area contributed by atoms with Gasteiger partial charge in [0.25, 0.3) is 0 Å². The molecule has 0 spiro atoms. The third kappa shape index (κ3) is 3.51. The van der Waals surface area contributed by atoms with Gasteiger partial charge in [0.1, 0.15) is 5.82 Å². The van der Waals surface area contributed by atoms with Crippen molar-refractivity contribution >= 4 is 0 Å². The number of hydrogen-bond acceptors (Lipinski definition) is 5. The van der Waals surface area contributed by atoms with Crippen molar-refractivity contribution in [3.05, 3.63) is 47.4 Å². The number of likely N-dealkylation sites (tertiary alicyclic amines) is 1. The molecule has 0 bridgehead atoms. The summed E-state index contributed by atoms with van der Waals surface area (Å²) < 4.78 is 18.5. The van der Waals surface area contributed by atoms with Crippen molar-refractivity contribution in [3.63, 3.8) is 0 Å². The molecule has 1 aromatic heterocycles. The number of aromatic nitrogens is 2. The number of piperidine rings is 1. The minimum Gasteiger partial charge on any atom is -0.387 e. The maximum Gasteiger partial charge on any atom is 0.231 e. The Bertz CT molecular complexity index is 631. The lowest BCUT2D eigenvalue weighted by Crippen LogP contribution is -2.37. The van der Waals surface area contributed by atoms with Gasteiger partial charge in [0, 0.05) is 13.1 Å².